The van der Waals surface area contributed by atoms with Crippen LogP contribution in [0.25, 0.3) is 11.3 Å². The molecule has 0 saturated carbocycles. The van der Waals surface area contributed by atoms with Crippen LogP contribution in [0.1, 0.15) is 47.2 Å². The predicted octanol–water partition coefficient (Wildman–Crippen LogP) is 6.62. The lowest BCUT2D eigenvalue weighted by atomic mass is 9.91. The number of hydrogen-bond acceptors (Lipinski definition) is 4. The number of ketones is 1. The highest BCUT2D eigenvalue weighted by atomic mass is 35.5. The maximum atomic E-state index is 13.3. The first-order valence-electron chi connectivity index (χ1n) is 11.4. The summed E-state index contributed by atoms with van der Waals surface area (Å²) >= 11 is 6.33. The number of carbonyl (C=O) groups excluding carboxylic acids is 1. The molecule has 3 aromatic rings. The van der Waals surface area contributed by atoms with Crippen LogP contribution in [0.2, 0.25) is 5.02 Å². The van der Waals surface area contributed by atoms with Crippen molar-refractivity contribution in [1.82, 2.24) is 4.98 Å². The first-order chi connectivity index (χ1) is 16.7. The number of nitrogens with zero attached hydrogens (tertiary/aromatic N) is 1. The van der Waals surface area contributed by atoms with Gasteiger partial charge >= 0.3 is 6.18 Å². The molecule has 0 aliphatic rings. The van der Waals surface area contributed by atoms with Gasteiger partial charge in [0.1, 0.15) is 21.3 Å². The third-order valence-corrected chi connectivity index (χ3v) is 7.30. The van der Waals surface area contributed by atoms with E-state index in [1.165, 1.54) is 6.07 Å². The van der Waals surface area contributed by atoms with Crippen LogP contribution < -0.4 is 0 Å². The number of benzene rings is 2. The highest BCUT2D eigenvalue weighted by molar-refractivity contribution is 7.90. The number of rotatable bonds is 9. The van der Waals surface area contributed by atoms with Crippen molar-refractivity contribution in [3.63, 3.8) is 0 Å². The van der Waals surface area contributed by atoms with E-state index in [9.17, 15) is 26.4 Å². The van der Waals surface area contributed by atoms with Gasteiger partial charge in [-0.05, 0) is 54.7 Å². The Kier molecular flexibility index (Phi) is 8.62. The van der Waals surface area contributed by atoms with Gasteiger partial charge in [-0.3, -0.25) is 4.79 Å². The summed E-state index contributed by atoms with van der Waals surface area (Å²) in [5.74, 6) is -0.605. The second-order valence-electron chi connectivity index (χ2n) is 8.99. The Labute approximate surface area is 214 Å². The molecule has 1 aromatic heterocycles. The molecule has 3 rings (SSSR count). The van der Waals surface area contributed by atoms with Crippen LogP contribution in [0, 0.1) is 6.92 Å². The average Bonchev–Trinajstić information content (AvgIpc) is 2.80. The Morgan fingerprint density at radius 3 is 2.33 bits per heavy atom. The van der Waals surface area contributed by atoms with Gasteiger partial charge in [-0.25, -0.2) is 13.4 Å². The number of carbonyl (C=O) groups is 1. The van der Waals surface area contributed by atoms with E-state index in [4.69, 9.17) is 11.6 Å². The molecule has 1 unspecified atom stereocenters. The van der Waals surface area contributed by atoms with E-state index < -0.39 is 27.6 Å². The van der Waals surface area contributed by atoms with Crippen molar-refractivity contribution in [2.75, 3.05) is 12.0 Å². The highest BCUT2D eigenvalue weighted by Crippen LogP contribution is 2.32. The zero-order chi connectivity index (χ0) is 26.7. The Morgan fingerprint density at radius 2 is 1.72 bits per heavy atom. The lowest BCUT2D eigenvalue weighted by molar-refractivity contribution is -0.141. The van der Waals surface area contributed by atoms with Gasteiger partial charge in [0, 0.05) is 29.2 Å². The Hall–Kier alpha value is -2.71. The minimum absolute atomic E-state index is 0.0228. The average molecular weight is 538 g/mol. The summed E-state index contributed by atoms with van der Waals surface area (Å²) in [6.07, 6.45) is -2.79. The summed E-state index contributed by atoms with van der Waals surface area (Å²) < 4.78 is 62.8. The van der Waals surface area contributed by atoms with Gasteiger partial charge < -0.3 is 0 Å². The number of aromatic nitrogens is 1. The fourth-order valence-corrected chi connectivity index (χ4v) is 4.76. The molecular weight excluding hydrogens is 511 g/mol. The molecule has 0 spiro atoms. The third-order valence-electron chi connectivity index (χ3n) is 6.00. The summed E-state index contributed by atoms with van der Waals surface area (Å²) in [5.41, 5.74) is 2.62. The van der Waals surface area contributed by atoms with E-state index in [1.807, 2.05) is 13.0 Å². The maximum Gasteiger partial charge on any atom is 0.433 e. The van der Waals surface area contributed by atoms with E-state index in [0.717, 1.165) is 17.9 Å². The standard InChI is InChI=1S/C27H27ClF3NO3S/c1-17-5-4-6-22(15-17)26-20(10-12-25(32-26)27(29,30)31)9-11-24(33)18(2)21-8-7-19(23(28)16-21)13-14-36(3,34)35/h4-8,10,12,15-16,18H,9,11,13-14H2,1-3H3. The van der Waals surface area contributed by atoms with Gasteiger partial charge in [0.15, 0.2) is 0 Å². The monoisotopic (exact) mass is 537 g/mol. The van der Waals surface area contributed by atoms with Crippen LogP contribution in [0.5, 0.6) is 0 Å². The topological polar surface area (TPSA) is 64.1 Å². The van der Waals surface area contributed by atoms with Crippen molar-refractivity contribution in [2.24, 2.45) is 0 Å². The van der Waals surface area contributed by atoms with Crippen molar-refractivity contribution in [2.45, 2.75) is 45.2 Å². The Balaban J connectivity index is 1.78. The van der Waals surface area contributed by atoms with E-state index in [2.05, 4.69) is 4.98 Å². The molecule has 0 aliphatic carbocycles. The van der Waals surface area contributed by atoms with E-state index in [0.29, 0.717) is 27.3 Å². The largest absolute Gasteiger partial charge is 0.433 e. The van der Waals surface area contributed by atoms with Crippen LogP contribution in [-0.4, -0.2) is 31.2 Å². The predicted molar refractivity (Wildman–Crippen MR) is 136 cm³/mol. The van der Waals surface area contributed by atoms with Crippen LogP contribution in [0.3, 0.4) is 0 Å². The number of hydrogen-bond donors (Lipinski definition) is 0. The molecule has 0 bridgehead atoms. The number of alkyl halides is 3. The molecule has 9 heteroatoms. The molecule has 0 fully saturated rings. The van der Waals surface area contributed by atoms with Gasteiger partial charge in [0.05, 0.1) is 11.4 Å². The third kappa shape index (κ3) is 7.40. The molecule has 1 heterocycles. The van der Waals surface area contributed by atoms with Crippen molar-refractivity contribution in [3.05, 3.63) is 87.6 Å². The number of Topliss-reactive ketones (excluding diaryl/α,β-unsaturated/α-hetero) is 1. The number of aryl methyl sites for hydroxylation is 3. The molecule has 4 nitrogen and oxygen atoms in total. The maximum absolute atomic E-state index is 13.3. The molecule has 0 amide bonds. The first kappa shape index (κ1) is 27.9. The SMILES string of the molecule is Cc1cccc(-c2nc(C(F)(F)F)ccc2CCC(=O)C(C)c2ccc(CCS(C)(=O)=O)c(Cl)c2)c1. The minimum atomic E-state index is -4.58. The highest BCUT2D eigenvalue weighted by Gasteiger charge is 2.33. The van der Waals surface area contributed by atoms with Crippen molar-refractivity contribution < 1.29 is 26.4 Å². The van der Waals surface area contributed by atoms with Crippen molar-refractivity contribution in [1.29, 1.82) is 0 Å². The number of pyridine rings is 1. The normalized spacial score (nSPS) is 13.0. The molecule has 1 atom stereocenters. The lowest BCUT2D eigenvalue weighted by Crippen LogP contribution is -2.13. The molecule has 0 aliphatic heterocycles. The summed E-state index contributed by atoms with van der Waals surface area (Å²) in [6.45, 7) is 3.59. The molecule has 0 N–H and O–H groups in total. The van der Waals surface area contributed by atoms with Crippen molar-refractivity contribution in [3.8, 4) is 11.3 Å². The molecular formula is C27H27ClF3NO3S. The Morgan fingerprint density at radius 1 is 1.03 bits per heavy atom. The number of halogens is 4. The van der Waals surface area contributed by atoms with Crippen LogP contribution in [0.4, 0.5) is 13.2 Å². The molecule has 0 radical (unpaired) electrons. The molecule has 192 valence electrons. The lowest BCUT2D eigenvalue weighted by Gasteiger charge is -2.15. The summed E-state index contributed by atoms with van der Waals surface area (Å²) in [6, 6.07) is 14.6. The van der Waals surface area contributed by atoms with Gasteiger partial charge in [-0.2, -0.15) is 13.2 Å². The quantitative estimate of drug-likeness (QED) is 0.307. The van der Waals surface area contributed by atoms with Gasteiger partial charge in [0.2, 0.25) is 0 Å². The fraction of sp³-hybridized carbons (Fsp3) is 0.333. The number of sulfone groups is 1. The summed E-state index contributed by atoms with van der Waals surface area (Å²) in [4.78, 5) is 16.9. The summed E-state index contributed by atoms with van der Waals surface area (Å²) in [7, 11) is -3.13. The van der Waals surface area contributed by atoms with E-state index in [-0.39, 0.29) is 36.5 Å². The molecule has 2 aromatic carbocycles. The zero-order valence-corrected chi connectivity index (χ0v) is 21.8. The van der Waals surface area contributed by atoms with Crippen molar-refractivity contribution >= 4 is 27.2 Å². The van der Waals surface area contributed by atoms with Gasteiger partial charge in [-0.15, -0.1) is 0 Å². The Bertz CT molecular complexity index is 1370. The zero-order valence-electron chi connectivity index (χ0n) is 20.2. The minimum Gasteiger partial charge on any atom is -0.299 e. The smallest absolute Gasteiger partial charge is 0.299 e. The fourth-order valence-electron chi connectivity index (χ4n) is 3.88. The van der Waals surface area contributed by atoms with E-state index in [1.54, 1.807) is 43.3 Å². The van der Waals surface area contributed by atoms with E-state index >= 15 is 0 Å². The van der Waals surface area contributed by atoms with Crippen LogP contribution >= 0.6 is 11.6 Å². The molecule has 36 heavy (non-hydrogen) atoms. The van der Waals surface area contributed by atoms with Crippen LogP contribution in [0.15, 0.2) is 54.6 Å². The second kappa shape index (κ2) is 11.1. The first-order valence-corrected chi connectivity index (χ1v) is 13.8. The van der Waals surface area contributed by atoms with Gasteiger partial charge in [0.25, 0.3) is 0 Å². The van der Waals surface area contributed by atoms with Crippen LogP contribution in [-0.2, 0) is 33.6 Å². The molecule has 0 saturated heterocycles. The summed E-state index contributed by atoms with van der Waals surface area (Å²) in [5, 5.41) is 0.393. The second-order valence-corrected chi connectivity index (χ2v) is 11.7. The van der Waals surface area contributed by atoms with Gasteiger partial charge in [-0.1, -0.05) is 60.5 Å².